The quantitative estimate of drug-likeness (QED) is 0.666. The second-order valence-corrected chi connectivity index (χ2v) is 5.89. The van der Waals surface area contributed by atoms with Crippen LogP contribution in [0.25, 0.3) is 0 Å². The molecule has 5 heteroatoms. The van der Waals surface area contributed by atoms with Crippen LogP contribution in [0.2, 0.25) is 0 Å². The van der Waals surface area contributed by atoms with Gasteiger partial charge in [0.15, 0.2) is 0 Å². The van der Waals surface area contributed by atoms with Crippen molar-refractivity contribution in [3.8, 4) is 5.40 Å². The lowest BCUT2D eigenvalue weighted by Crippen LogP contribution is -2.38. The maximum absolute atomic E-state index is 12.5. The highest BCUT2D eigenvalue weighted by molar-refractivity contribution is 8.03. The van der Waals surface area contributed by atoms with Crippen molar-refractivity contribution in [2.45, 2.75) is 17.7 Å². The van der Waals surface area contributed by atoms with E-state index in [2.05, 4.69) is 10.7 Å². The lowest BCUT2D eigenvalue weighted by Gasteiger charge is -2.29. The molecule has 1 heterocycles. The summed E-state index contributed by atoms with van der Waals surface area (Å²) in [6, 6.07) is 15.2. The van der Waals surface area contributed by atoms with E-state index < -0.39 is 0 Å². The number of thiocyanates is 1. The minimum absolute atomic E-state index is 0.118. The van der Waals surface area contributed by atoms with Crippen LogP contribution in [0, 0.1) is 10.7 Å². The van der Waals surface area contributed by atoms with Crippen molar-refractivity contribution in [1.29, 1.82) is 5.26 Å². The van der Waals surface area contributed by atoms with Gasteiger partial charge in [0, 0.05) is 22.8 Å². The number of nitriles is 1. The summed E-state index contributed by atoms with van der Waals surface area (Å²) in [5, 5.41) is 13.8. The van der Waals surface area contributed by atoms with Crippen LogP contribution in [0.5, 0.6) is 0 Å². The van der Waals surface area contributed by atoms with Gasteiger partial charge in [-0.15, -0.1) is 0 Å². The highest BCUT2D eigenvalue weighted by atomic mass is 32.2. The number of aryl methyl sites for hydroxylation is 1. The predicted molar refractivity (Wildman–Crippen MR) is 89.0 cm³/mol. The molecule has 0 saturated heterocycles. The Labute approximate surface area is 133 Å². The second-order valence-electron chi connectivity index (χ2n) is 5.04. The standard InChI is InChI=1S/C17H15N3OS/c18-12-22-15-8-9-16-13(11-15)5-4-10-20(16)17(21)19-14-6-2-1-3-7-14/h1-3,6-9,11H,4-5,10H2,(H,19,21). The summed E-state index contributed by atoms with van der Waals surface area (Å²) in [5.74, 6) is 0. The molecule has 0 spiro atoms. The number of rotatable bonds is 2. The van der Waals surface area contributed by atoms with E-state index >= 15 is 0 Å². The van der Waals surface area contributed by atoms with Crippen LogP contribution in [0.3, 0.4) is 0 Å². The first-order chi connectivity index (χ1) is 10.8. The Morgan fingerprint density at radius 2 is 2.05 bits per heavy atom. The largest absolute Gasteiger partial charge is 0.326 e. The third kappa shape index (κ3) is 3.07. The highest BCUT2D eigenvalue weighted by Gasteiger charge is 2.22. The molecule has 4 nitrogen and oxygen atoms in total. The molecule has 0 aliphatic carbocycles. The van der Waals surface area contributed by atoms with Gasteiger partial charge in [-0.3, -0.25) is 4.90 Å². The molecular formula is C17H15N3OS. The van der Waals surface area contributed by atoms with E-state index in [1.165, 1.54) is 0 Å². The number of benzene rings is 2. The van der Waals surface area contributed by atoms with Crippen LogP contribution < -0.4 is 10.2 Å². The Morgan fingerprint density at radius 3 is 2.82 bits per heavy atom. The van der Waals surface area contributed by atoms with Crippen LogP contribution in [0.15, 0.2) is 53.4 Å². The van der Waals surface area contributed by atoms with Crippen LogP contribution in [0.1, 0.15) is 12.0 Å². The number of nitrogens with zero attached hydrogens (tertiary/aromatic N) is 2. The van der Waals surface area contributed by atoms with E-state index in [0.717, 1.165) is 46.4 Å². The zero-order chi connectivity index (χ0) is 15.4. The number of urea groups is 1. The maximum atomic E-state index is 12.5. The van der Waals surface area contributed by atoms with Gasteiger partial charge in [0.1, 0.15) is 5.40 Å². The first-order valence-electron chi connectivity index (χ1n) is 7.10. The number of para-hydroxylation sites is 1. The van der Waals surface area contributed by atoms with E-state index in [1.54, 1.807) is 4.90 Å². The Morgan fingerprint density at radius 1 is 1.23 bits per heavy atom. The van der Waals surface area contributed by atoms with Gasteiger partial charge in [-0.05, 0) is 60.5 Å². The van der Waals surface area contributed by atoms with E-state index in [0.29, 0.717) is 6.54 Å². The number of carbonyl (C=O) groups excluding carboxylic acids is 1. The normalized spacial score (nSPS) is 13.1. The summed E-state index contributed by atoms with van der Waals surface area (Å²) < 4.78 is 0. The molecule has 2 amide bonds. The molecule has 0 radical (unpaired) electrons. The molecule has 1 N–H and O–H groups in total. The van der Waals surface area contributed by atoms with Crippen molar-refractivity contribution in [3.63, 3.8) is 0 Å². The summed E-state index contributed by atoms with van der Waals surface area (Å²) in [6.45, 7) is 0.705. The number of thioether (sulfide) groups is 1. The van der Waals surface area contributed by atoms with Gasteiger partial charge < -0.3 is 5.32 Å². The molecule has 110 valence electrons. The van der Waals surface area contributed by atoms with Gasteiger partial charge in [-0.2, -0.15) is 5.26 Å². The SMILES string of the molecule is N#CSc1ccc2c(c1)CCCN2C(=O)Nc1ccccc1. The van der Waals surface area contributed by atoms with Crippen LogP contribution in [-0.2, 0) is 6.42 Å². The fourth-order valence-corrected chi connectivity index (χ4v) is 3.06. The van der Waals surface area contributed by atoms with Gasteiger partial charge in [0.2, 0.25) is 0 Å². The minimum atomic E-state index is -0.118. The van der Waals surface area contributed by atoms with Crippen molar-refractivity contribution in [2.24, 2.45) is 0 Å². The van der Waals surface area contributed by atoms with Crippen molar-refractivity contribution in [3.05, 3.63) is 54.1 Å². The van der Waals surface area contributed by atoms with Gasteiger partial charge in [0.25, 0.3) is 0 Å². The van der Waals surface area contributed by atoms with E-state index in [1.807, 2.05) is 48.5 Å². The Balaban J connectivity index is 1.82. The van der Waals surface area contributed by atoms with Crippen molar-refractivity contribution >= 4 is 29.2 Å². The summed E-state index contributed by atoms with van der Waals surface area (Å²) in [5.41, 5.74) is 2.84. The number of amides is 2. The zero-order valence-electron chi connectivity index (χ0n) is 12.0. The zero-order valence-corrected chi connectivity index (χ0v) is 12.8. The molecule has 1 aliphatic rings. The lowest BCUT2D eigenvalue weighted by molar-refractivity contribution is 0.256. The molecule has 1 aliphatic heterocycles. The monoisotopic (exact) mass is 309 g/mol. The molecule has 0 bridgehead atoms. The van der Waals surface area contributed by atoms with Crippen LogP contribution in [-0.4, -0.2) is 12.6 Å². The van der Waals surface area contributed by atoms with Crippen molar-refractivity contribution < 1.29 is 4.79 Å². The van der Waals surface area contributed by atoms with Gasteiger partial charge >= 0.3 is 6.03 Å². The first-order valence-corrected chi connectivity index (χ1v) is 7.92. The molecule has 2 aromatic rings. The topological polar surface area (TPSA) is 56.1 Å². The number of nitrogens with one attached hydrogen (secondary N) is 1. The Kier molecular flexibility index (Phi) is 4.31. The van der Waals surface area contributed by atoms with Crippen LogP contribution >= 0.6 is 11.8 Å². The molecule has 0 unspecified atom stereocenters. The minimum Gasteiger partial charge on any atom is -0.308 e. The molecule has 0 aromatic heterocycles. The van der Waals surface area contributed by atoms with Gasteiger partial charge in [0.05, 0.1) is 0 Å². The molecule has 22 heavy (non-hydrogen) atoms. The molecule has 0 fully saturated rings. The van der Waals surface area contributed by atoms with E-state index in [9.17, 15) is 4.79 Å². The molecule has 0 saturated carbocycles. The highest BCUT2D eigenvalue weighted by Crippen LogP contribution is 2.31. The molecule has 0 atom stereocenters. The average molecular weight is 309 g/mol. The van der Waals surface area contributed by atoms with Crippen molar-refractivity contribution in [2.75, 3.05) is 16.8 Å². The number of fused-ring (bicyclic) bond motifs is 1. The number of hydrogen-bond donors (Lipinski definition) is 1. The smallest absolute Gasteiger partial charge is 0.308 e. The lowest BCUT2D eigenvalue weighted by atomic mass is 10.0. The Bertz CT molecular complexity index is 724. The molecule has 3 rings (SSSR count). The fourth-order valence-electron chi connectivity index (χ4n) is 2.61. The summed E-state index contributed by atoms with van der Waals surface area (Å²) in [7, 11) is 0. The predicted octanol–water partition coefficient (Wildman–Crippen LogP) is 4.24. The van der Waals surface area contributed by atoms with Gasteiger partial charge in [-0.25, -0.2) is 4.79 Å². The molecule has 2 aromatic carbocycles. The van der Waals surface area contributed by atoms with Crippen LogP contribution in [0.4, 0.5) is 16.2 Å². The Hall–Kier alpha value is -2.45. The number of carbonyl (C=O) groups is 1. The maximum Gasteiger partial charge on any atom is 0.326 e. The summed E-state index contributed by atoms with van der Waals surface area (Å²) >= 11 is 1.15. The number of hydrogen-bond acceptors (Lipinski definition) is 3. The van der Waals surface area contributed by atoms with Gasteiger partial charge in [-0.1, -0.05) is 18.2 Å². The third-order valence-corrected chi connectivity index (χ3v) is 4.18. The van der Waals surface area contributed by atoms with E-state index in [4.69, 9.17) is 5.26 Å². The first kappa shape index (κ1) is 14.5. The van der Waals surface area contributed by atoms with Crippen molar-refractivity contribution in [1.82, 2.24) is 0 Å². The third-order valence-electron chi connectivity index (χ3n) is 3.60. The fraction of sp³-hybridized carbons (Fsp3) is 0.176. The number of anilines is 2. The summed E-state index contributed by atoms with van der Waals surface area (Å²) in [6.07, 6.45) is 1.86. The average Bonchev–Trinajstić information content (AvgIpc) is 2.55. The second kappa shape index (κ2) is 6.54. The summed E-state index contributed by atoms with van der Waals surface area (Å²) in [4.78, 5) is 15.2. The molecular weight excluding hydrogens is 294 g/mol. The van der Waals surface area contributed by atoms with E-state index in [-0.39, 0.29) is 6.03 Å².